The third-order valence-electron chi connectivity index (χ3n) is 3.77. The van der Waals surface area contributed by atoms with E-state index in [1.807, 2.05) is 0 Å². The number of halogens is 1. The molecule has 0 spiro atoms. The summed E-state index contributed by atoms with van der Waals surface area (Å²) in [6.07, 6.45) is 1.76. The maximum atomic E-state index is 13.0. The number of aliphatic hydroxyl groups excluding tert-OH is 1. The first kappa shape index (κ1) is 15.0. The molecule has 1 aromatic carbocycles. The number of nitrogens with zero attached hydrogens (tertiary/aromatic N) is 1. The monoisotopic (exact) mass is 315 g/mol. The summed E-state index contributed by atoms with van der Waals surface area (Å²) in [4.78, 5) is 25.4. The number of Topliss-reactive ketones (excluding diaryl/α,β-unsaturated/α-hetero) is 1. The molecule has 23 heavy (non-hydrogen) atoms. The number of aliphatic hydroxyl groups is 1. The van der Waals surface area contributed by atoms with Crippen LogP contribution in [0.15, 0.2) is 52.3 Å². The van der Waals surface area contributed by atoms with Crippen molar-refractivity contribution >= 4 is 11.7 Å². The Bertz CT molecular complexity index is 804. The smallest absolute Gasteiger partial charge is 0.289 e. The zero-order valence-corrected chi connectivity index (χ0v) is 12.4. The van der Waals surface area contributed by atoms with Crippen LogP contribution in [0.2, 0.25) is 0 Å². The number of hydrogen-bond donors (Lipinski definition) is 1. The Labute approximate surface area is 131 Å². The predicted molar refractivity (Wildman–Crippen MR) is 79.5 cm³/mol. The van der Waals surface area contributed by atoms with Crippen molar-refractivity contribution in [3.63, 3.8) is 0 Å². The fraction of sp³-hybridized carbons (Fsp3) is 0.176. The van der Waals surface area contributed by atoms with Crippen LogP contribution in [0.4, 0.5) is 4.39 Å². The highest BCUT2D eigenvalue weighted by atomic mass is 19.1. The summed E-state index contributed by atoms with van der Waals surface area (Å²) in [6.45, 7) is 0.0419. The van der Waals surface area contributed by atoms with Crippen molar-refractivity contribution in [2.24, 2.45) is 0 Å². The molecule has 1 amide bonds. The van der Waals surface area contributed by atoms with E-state index < -0.39 is 17.4 Å². The predicted octanol–water partition coefficient (Wildman–Crippen LogP) is 2.48. The third kappa shape index (κ3) is 2.75. The normalized spacial score (nSPS) is 14.7. The van der Waals surface area contributed by atoms with Gasteiger partial charge < -0.3 is 14.4 Å². The number of carbonyl (C=O) groups excluding carboxylic acids is 2. The van der Waals surface area contributed by atoms with E-state index in [2.05, 4.69) is 0 Å². The van der Waals surface area contributed by atoms with Crippen molar-refractivity contribution in [2.45, 2.75) is 6.42 Å². The number of benzene rings is 1. The molecule has 0 aliphatic carbocycles. The molecule has 5 nitrogen and oxygen atoms in total. The summed E-state index contributed by atoms with van der Waals surface area (Å²) in [7, 11) is 1.50. The second kappa shape index (κ2) is 5.72. The molecular weight excluding hydrogens is 301 g/mol. The Kier molecular flexibility index (Phi) is 3.73. The minimum Gasteiger partial charge on any atom is -0.503 e. The van der Waals surface area contributed by atoms with E-state index >= 15 is 0 Å². The van der Waals surface area contributed by atoms with Crippen LogP contribution in [0.5, 0.6) is 0 Å². The Morgan fingerprint density at radius 3 is 2.61 bits per heavy atom. The maximum absolute atomic E-state index is 13.0. The summed E-state index contributed by atoms with van der Waals surface area (Å²) in [5, 5.41) is 9.79. The van der Waals surface area contributed by atoms with E-state index in [0.29, 0.717) is 12.0 Å². The molecular formula is C17H14FNO4. The number of hydrogen-bond acceptors (Lipinski definition) is 4. The first-order valence-electron chi connectivity index (χ1n) is 7.00. The molecule has 118 valence electrons. The van der Waals surface area contributed by atoms with Gasteiger partial charge in [0.15, 0.2) is 11.5 Å². The first-order chi connectivity index (χ1) is 11.0. The Morgan fingerprint density at radius 1 is 1.30 bits per heavy atom. The van der Waals surface area contributed by atoms with Gasteiger partial charge in [0.2, 0.25) is 5.78 Å². The largest absolute Gasteiger partial charge is 0.503 e. The molecule has 3 rings (SSSR count). The summed E-state index contributed by atoms with van der Waals surface area (Å²) in [5.41, 5.74) is 1.45. The van der Waals surface area contributed by atoms with Gasteiger partial charge in [-0.3, -0.25) is 9.59 Å². The van der Waals surface area contributed by atoms with Crippen LogP contribution in [0, 0.1) is 5.82 Å². The number of amides is 1. The van der Waals surface area contributed by atoms with Crippen molar-refractivity contribution in [2.75, 3.05) is 13.6 Å². The first-order valence-corrected chi connectivity index (χ1v) is 7.00. The summed E-state index contributed by atoms with van der Waals surface area (Å²) < 4.78 is 18.2. The lowest BCUT2D eigenvalue weighted by Gasteiger charge is -2.07. The molecule has 0 radical (unpaired) electrons. The van der Waals surface area contributed by atoms with Gasteiger partial charge in [-0.05, 0) is 23.8 Å². The molecule has 6 heteroatoms. The van der Waals surface area contributed by atoms with Crippen molar-refractivity contribution in [1.29, 1.82) is 0 Å². The molecule has 2 heterocycles. The topological polar surface area (TPSA) is 70.8 Å². The Hall–Kier alpha value is -2.89. The van der Waals surface area contributed by atoms with Crippen molar-refractivity contribution in [3.05, 3.63) is 70.6 Å². The fourth-order valence-electron chi connectivity index (χ4n) is 2.51. The maximum Gasteiger partial charge on any atom is 0.289 e. The Morgan fingerprint density at radius 2 is 2.00 bits per heavy atom. The van der Waals surface area contributed by atoms with Crippen LogP contribution in [0.3, 0.4) is 0 Å². The zero-order chi connectivity index (χ0) is 16.6. The molecule has 0 saturated carbocycles. The van der Waals surface area contributed by atoms with Crippen LogP contribution < -0.4 is 0 Å². The van der Waals surface area contributed by atoms with Gasteiger partial charge in [0, 0.05) is 19.0 Å². The van der Waals surface area contributed by atoms with Crippen LogP contribution in [0.1, 0.15) is 21.7 Å². The summed E-state index contributed by atoms with van der Waals surface area (Å²) >= 11 is 0. The standard InChI is InChI=1S/C17H14FNO4/c1-19-9-13(15(21)17(19)22)14(20)16-11(6-7-23-16)8-10-2-4-12(18)5-3-10/h2-7,21H,8-9H2,1H3. The highest BCUT2D eigenvalue weighted by molar-refractivity contribution is 6.14. The van der Waals surface area contributed by atoms with Gasteiger partial charge in [-0.25, -0.2) is 4.39 Å². The number of rotatable bonds is 4. The lowest BCUT2D eigenvalue weighted by atomic mass is 10.0. The zero-order valence-electron chi connectivity index (χ0n) is 12.4. The fourth-order valence-corrected chi connectivity index (χ4v) is 2.51. The SMILES string of the molecule is CN1CC(C(=O)c2occc2Cc2ccc(F)cc2)=C(O)C1=O. The summed E-state index contributed by atoms with van der Waals surface area (Å²) in [5.74, 6) is -1.89. The second-order valence-corrected chi connectivity index (χ2v) is 5.40. The second-order valence-electron chi connectivity index (χ2n) is 5.40. The van der Waals surface area contributed by atoms with Gasteiger partial charge in [0.05, 0.1) is 18.4 Å². The molecule has 0 bridgehead atoms. The molecule has 2 aromatic rings. The molecule has 1 N–H and O–H groups in total. The quantitative estimate of drug-likeness (QED) is 0.880. The van der Waals surface area contributed by atoms with E-state index in [-0.39, 0.29) is 23.7 Å². The molecule has 0 fully saturated rings. The van der Waals surface area contributed by atoms with Gasteiger partial charge in [-0.1, -0.05) is 12.1 Å². The molecule has 1 aromatic heterocycles. The molecule has 0 saturated heterocycles. The number of carbonyl (C=O) groups is 2. The van der Waals surface area contributed by atoms with E-state index in [0.717, 1.165) is 5.56 Å². The number of furan rings is 1. The minimum absolute atomic E-state index is 0.0211. The Balaban J connectivity index is 1.88. The highest BCUT2D eigenvalue weighted by Crippen LogP contribution is 2.24. The lowest BCUT2D eigenvalue weighted by molar-refractivity contribution is -0.126. The third-order valence-corrected chi connectivity index (χ3v) is 3.77. The average Bonchev–Trinajstić information content (AvgIpc) is 3.09. The van der Waals surface area contributed by atoms with E-state index in [9.17, 15) is 19.1 Å². The molecule has 0 unspecified atom stereocenters. The minimum atomic E-state index is -0.583. The van der Waals surface area contributed by atoms with Crippen LogP contribution in [0.25, 0.3) is 0 Å². The van der Waals surface area contributed by atoms with Gasteiger partial charge in [0.1, 0.15) is 5.82 Å². The lowest BCUT2D eigenvalue weighted by Crippen LogP contribution is -2.22. The van der Waals surface area contributed by atoms with Crippen LogP contribution >= 0.6 is 0 Å². The summed E-state index contributed by atoms with van der Waals surface area (Å²) in [6, 6.07) is 7.58. The highest BCUT2D eigenvalue weighted by Gasteiger charge is 2.34. The van der Waals surface area contributed by atoms with E-state index in [1.54, 1.807) is 18.2 Å². The number of ketones is 1. The number of likely N-dealkylation sites (N-methyl/N-ethyl adjacent to an activating group) is 1. The molecule has 0 atom stereocenters. The van der Waals surface area contributed by atoms with Gasteiger partial charge >= 0.3 is 0 Å². The molecule has 1 aliphatic rings. The average molecular weight is 315 g/mol. The van der Waals surface area contributed by atoms with E-state index in [1.165, 1.54) is 30.3 Å². The van der Waals surface area contributed by atoms with Crippen molar-refractivity contribution in [1.82, 2.24) is 4.90 Å². The van der Waals surface area contributed by atoms with Gasteiger partial charge in [-0.15, -0.1) is 0 Å². The van der Waals surface area contributed by atoms with Crippen LogP contribution in [-0.2, 0) is 11.2 Å². The molecule has 1 aliphatic heterocycles. The van der Waals surface area contributed by atoms with Gasteiger partial charge in [0.25, 0.3) is 5.91 Å². The van der Waals surface area contributed by atoms with Gasteiger partial charge in [-0.2, -0.15) is 0 Å². The van der Waals surface area contributed by atoms with Crippen molar-refractivity contribution in [3.8, 4) is 0 Å². The van der Waals surface area contributed by atoms with E-state index in [4.69, 9.17) is 4.42 Å². The van der Waals surface area contributed by atoms with Crippen molar-refractivity contribution < 1.29 is 23.5 Å². The van der Waals surface area contributed by atoms with Crippen LogP contribution in [-0.4, -0.2) is 35.3 Å².